The summed E-state index contributed by atoms with van der Waals surface area (Å²) in [7, 11) is 0. The predicted octanol–water partition coefficient (Wildman–Crippen LogP) is 0.0499. The Morgan fingerprint density at radius 3 is 2.32 bits per heavy atom. The number of aliphatic hydroxyl groups is 4. The topological polar surface area (TPSA) is 170 Å². The van der Waals surface area contributed by atoms with Gasteiger partial charge in [0.05, 0.1) is 17.6 Å². The lowest BCUT2D eigenvalue weighted by molar-refractivity contribution is -0.277. The van der Waals surface area contributed by atoms with Gasteiger partial charge in [0.15, 0.2) is 11.3 Å². The molecule has 0 saturated carbocycles. The van der Waals surface area contributed by atoms with Crippen molar-refractivity contribution in [2.24, 2.45) is 0 Å². The van der Waals surface area contributed by atoms with Crippen LogP contribution in [0.1, 0.15) is 0 Å². The fraction of sp³-hybridized carbons (Fsp3) is 0.286. The summed E-state index contributed by atoms with van der Waals surface area (Å²) in [6.07, 6.45) is -6.59. The monoisotopic (exact) mass is 432 g/mol. The molecule has 0 aliphatic carbocycles. The Morgan fingerprint density at radius 2 is 1.65 bits per heavy atom. The van der Waals surface area contributed by atoms with E-state index >= 15 is 0 Å². The summed E-state index contributed by atoms with van der Waals surface area (Å²) in [6, 6.07) is 8.45. The van der Waals surface area contributed by atoms with Crippen LogP contribution < -0.4 is 10.2 Å². The van der Waals surface area contributed by atoms with Gasteiger partial charge in [0, 0.05) is 0 Å². The van der Waals surface area contributed by atoms with Crippen molar-refractivity contribution in [2.75, 3.05) is 6.61 Å². The van der Waals surface area contributed by atoms with Crippen molar-refractivity contribution in [2.45, 2.75) is 30.7 Å². The second kappa shape index (κ2) is 8.17. The molecule has 6 N–H and O–H groups in total. The zero-order valence-electron chi connectivity index (χ0n) is 16.0. The van der Waals surface area contributed by atoms with Crippen molar-refractivity contribution in [3.05, 3.63) is 52.9 Å². The maximum atomic E-state index is 13.0. The number of rotatable bonds is 4. The molecule has 5 atom stereocenters. The Morgan fingerprint density at radius 1 is 0.935 bits per heavy atom. The Kier molecular flexibility index (Phi) is 5.56. The van der Waals surface area contributed by atoms with Crippen LogP contribution >= 0.6 is 0 Å². The minimum atomic E-state index is -1.71. The number of hydrogen-bond acceptors (Lipinski definition) is 10. The fourth-order valence-electron chi connectivity index (χ4n) is 3.40. The molecule has 2 heterocycles. The molecule has 3 aromatic rings. The van der Waals surface area contributed by atoms with Gasteiger partial charge in [0.25, 0.3) is 0 Å². The van der Waals surface area contributed by atoms with Gasteiger partial charge in [-0.15, -0.1) is 0 Å². The van der Waals surface area contributed by atoms with Crippen molar-refractivity contribution >= 4 is 11.0 Å². The Bertz CT molecular complexity index is 1140. The molecule has 10 heteroatoms. The van der Waals surface area contributed by atoms with Crippen molar-refractivity contribution in [1.82, 2.24) is 0 Å². The van der Waals surface area contributed by atoms with Crippen LogP contribution in [0, 0.1) is 0 Å². The average molecular weight is 432 g/mol. The number of benzene rings is 2. The fourth-order valence-corrected chi connectivity index (χ4v) is 3.40. The Balaban J connectivity index is 1.75. The quantitative estimate of drug-likeness (QED) is 0.331. The summed E-state index contributed by atoms with van der Waals surface area (Å²) in [4.78, 5) is 13.0. The van der Waals surface area contributed by atoms with Gasteiger partial charge in [0.2, 0.25) is 17.5 Å². The zero-order chi connectivity index (χ0) is 22.3. The number of aromatic hydroxyl groups is 2. The molecule has 0 bridgehead atoms. The van der Waals surface area contributed by atoms with E-state index in [4.69, 9.17) is 13.9 Å². The first-order chi connectivity index (χ1) is 14.8. The number of fused-ring (bicyclic) bond motifs is 1. The number of phenols is 2. The van der Waals surface area contributed by atoms with Crippen LogP contribution in [-0.2, 0) is 4.74 Å². The van der Waals surface area contributed by atoms with Crippen LogP contribution in [0.5, 0.6) is 17.2 Å². The highest BCUT2D eigenvalue weighted by Gasteiger charge is 2.45. The molecule has 0 radical (unpaired) electrons. The molecule has 1 aliphatic heterocycles. The Hall–Kier alpha value is -3.15. The molecule has 1 saturated heterocycles. The minimum Gasteiger partial charge on any atom is -0.508 e. The molecule has 1 aromatic heterocycles. The molecule has 10 nitrogen and oxygen atoms in total. The maximum absolute atomic E-state index is 13.0. The normalized spacial score (nSPS) is 26.1. The summed E-state index contributed by atoms with van der Waals surface area (Å²) < 4.78 is 16.3. The molecular weight excluding hydrogens is 412 g/mol. The van der Waals surface area contributed by atoms with Gasteiger partial charge >= 0.3 is 0 Å². The summed E-state index contributed by atoms with van der Waals surface area (Å²) in [5, 5.41) is 59.1. The van der Waals surface area contributed by atoms with Gasteiger partial charge in [-0.2, -0.15) is 0 Å². The summed E-state index contributed by atoms with van der Waals surface area (Å²) in [6.45, 7) is -0.655. The predicted molar refractivity (Wildman–Crippen MR) is 106 cm³/mol. The molecule has 31 heavy (non-hydrogen) atoms. The first-order valence-electron chi connectivity index (χ1n) is 9.36. The number of phenolic OH excluding ortho intramolecular Hbond substituents is 2. The second-order valence-electron chi connectivity index (χ2n) is 7.13. The second-order valence-corrected chi connectivity index (χ2v) is 7.13. The van der Waals surface area contributed by atoms with Gasteiger partial charge in [-0.3, -0.25) is 4.79 Å². The lowest BCUT2D eigenvalue weighted by Crippen LogP contribution is -2.60. The maximum Gasteiger partial charge on any atom is 0.229 e. The molecule has 0 amide bonds. The van der Waals surface area contributed by atoms with Crippen LogP contribution in [-0.4, -0.2) is 68.0 Å². The number of aliphatic hydroxyl groups excluding tert-OH is 4. The van der Waals surface area contributed by atoms with E-state index in [2.05, 4.69) is 0 Å². The van der Waals surface area contributed by atoms with E-state index in [1.165, 1.54) is 24.3 Å². The third-order valence-corrected chi connectivity index (χ3v) is 5.14. The zero-order valence-corrected chi connectivity index (χ0v) is 16.0. The molecule has 1 fully saturated rings. The van der Waals surface area contributed by atoms with E-state index in [0.29, 0.717) is 5.56 Å². The van der Waals surface area contributed by atoms with Crippen LogP contribution in [0.4, 0.5) is 0 Å². The first-order valence-corrected chi connectivity index (χ1v) is 9.36. The largest absolute Gasteiger partial charge is 0.508 e. The van der Waals surface area contributed by atoms with Gasteiger partial charge in [0.1, 0.15) is 36.4 Å². The Labute approximate surface area is 174 Å². The van der Waals surface area contributed by atoms with E-state index in [-0.39, 0.29) is 28.0 Å². The molecule has 0 unspecified atom stereocenters. The average Bonchev–Trinajstić information content (AvgIpc) is 2.76. The molecule has 0 spiro atoms. The molecule has 2 aromatic carbocycles. The molecule has 164 valence electrons. The molecule has 4 rings (SSSR count). The summed E-state index contributed by atoms with van der Waals surface area (Å²) >= 11 is 0. The SMILES string of the molecule is O=c1c(-c2ccc(O)cc2)coc2c(O[C@H]3O[C@H](CO)[C@@H](O)[C@H](O)[C@H]3O)c(O)ccc12. The highest BCUT2D eigenvalue weighted by Crippen LogP contribution is 2.37. The van der Waals surface area contributed by atoms with E-state index in [1.807, 2.05) is 0 Å². The van der Waals surface area contributed by atoms with Gasteiger partial charge in [-0.05, 0) is 29.8 Å². The lowest BCUT2D eigenvalue weighted by atomic mass is 9.99. The number of hydrogen-bond donors (Lipinski definition) is 6. The highest BCUT2D eigenvalue weighted by molar-refractivity contribution is 5.88. The van der Waals surface area contributed by atoms with E-state index in [9.17, 15) is 35.4 Å². The van der Waals surface area contributed by atoms with Crippen molar-refractivity contribution in [3.8, 4) is 28.4 Å². The van der Waals surface area contributed by atoms with E-state index in [1.54, 1.807) is 12.1 Å². The third kappa shape index (κ3) is 3.71. The van der Waals surface area contributed by atoms with Crippen LogP contribution in [0.15, 0.2) is 51.9 Å². The number of ether oxygens (including phenoxy) is 2. The van der Waals surface area contributed by atoms with E-state index < -0.39 is 48.5 Å². The molecule has 1 aliphatic rings. The summed E-state index contributed by atoms with van der Waals surface area (Å²) in [5.74, 6) is -0.713. The van der Waals surface area contributed by atoms with Crippen molar-refractivity contribution < 1.29 is 44.5 Å². The van der Waals surface area contributed by atoms with Gasteiger partial charge < -0.3 is 44.5 Å². The van der Waals surface area contributed by atoms with Crippen molar-refractivity contribution in [1.29, 1.82) is 0 Å². The smallest absolute Gasteiger partial charge is 0.229 e. The standard InChI is InChI=1S/C21H20O10/c22-7-14-16(26)17(27)18(28)21(30-14)31-20-13(24)6-5-11-15(25)12(8-29-19(11)20)9-1-3-10(23)4-2-9/h1-6,8,14,16-18,21-24,26-28H,7H2/t14-,16-,17+,18-,21-/m1/s1. The van der Waals surface area contributed by atoms with Gasteiger partial charge in [-0.25, -0.2) is 0 Å². The lowest BCUT2D eigenvalue weighted by Gasteiger charge is -2.39. The third-order valence-electron chi connectivity index (χ3n) is 5.14. The first kappa shape index (κ1) is 21.1. The van der Waals surface area contributed by atoms with Crippen molar-refractivity contribution in [3.63, 3.8) is 0 Å². The van der Waals surface area contributed by atoms with Gasteiger partial charge in [-0.1, -0.05) is 12.1 Å². The van der Waals surface area contributed by atoms with Crippen LogP contribution in [0.2, 0.25) is 0 Å². The minimum absolute atomic E-state index is 0.0362. The van der Waals surface area contributed by atoms with Crippen LogP contribution in [0.25, 0.3) is 22.1 Å². The van der Waals surface area contributed by atoms with E-state index in [0.717, 1.165) is 6.26 Å². The highest BCUT2D eigenvalue weighted by atomic mass is 16.7. The molecular formula is C21H20O10. The van der Waals surface area contributed by atoms with Crippen LogP contribution in [0.3, 0.4) is 0 Å². The summed E-state index contributed by atoms with van der Waals surface area (Å²) in [5.41, 5.74) is 0.130.